The summed E-state index contributed by atoms with van der Waals surface area (Å²) in [5.74, 6) is 1.20. The molecule has 0 spiro atoms. The first kappa shape index (κ1) is 13.6. The molecule has 0 saturated carbocycles. The highest BCUT2D eigenvalue weighted by molar-refractivity contribution is 5.06. The fraction of sp³-hybridized carbons (Fsp3) is 0.857. The van der Waals surface area contributed by atoms with Crippen LogP contribution in [0.2, 0.25) is 0 Å². The van der Waals surface area contributed by atoms with Gasteiger partial charge in [-0.05, 0) is 25.5 Å². The minimum atomic E-state index is 0.472. The van der Waals surface area contributed by atoms with Gasteiger partial charge in [-0.3, -0.25) is 0 Å². The lowest BCUT2D eigenvalue weighted by molar-refractivity contribution is 0.210. The Morgan fingerprint density at radius 1 is 1.25 bits per heavy atom. The van der Waals surface area contributed by atoms with Crippen LogP contribution in [0.5, 0.6) is 0 Å². The molecule has 0 aromatic carbocycles. The van der Waals surface area contributed by atoms with Gasteiger partial charge in [0.05, 0.1) is 12.6 Å². The first-order valence-corrected chi connectivity index (χ1v) is 6.94. The van der Waals surface area contributed by atoms with Gasteiger partial charge in [-0.25, -0.2) is 0 Å². The van der Waals surface area contributed by atoms with Crippen molar-refractivity contribution in [2.24, 2.45) is 0 Å². The van der Waals surface area contributed by atoms with E-state index in [1.54, 1.807) is 0 Å². The minimum absolute atomic E-state index is 0.472. The van der Waals surface area contributed by atoms with Crippen LogP contribution in [0.3, 0.4) is 0 Å². The lowest BCUT2D eigenvalue weighted by Crippen LogP contribution is -2.31. The van der Waals surface area contributed by atoms with Gasteiger partial charge in [0.1, 0.15) is 5.76 Å². The summed E-state index contributed by atoms with van der Waals surface area (Å²) in [5, 5.41) is 3.59. The summed E-state index contributed by atoms with van der Waals surface area (Å²) >= 11 is 0. The van der Waals surface area contributed by atoms with E-state index in [9.17, 15) is 0 Å². The molecule has 16 heavy (non-hydrogen) atoms. The normalized spacial score (nSPS) is 17.0. The summed E-state index contributed by atoms with van der Waals surface area (Å²) in [5.41, 5.74) is 0. The van der Waals surface area contributed by atoms with Gasteiger partial charge >= 0.3 is 0 Å². The maximum Gasteiger partial charge on any atom is 0.109 e. The average Bonchev–Trinajstić information content (AvgIpc) is 2.82. The van der Waals surface area contributed by atoms with Crippen molar-refractivity contribution in [3.63, 3.8) is 0 Å². The van der Waals surface area contributed by atoms with Gasteiger partial charge in [0, 0.05) is 6.42 Å². The van der Waals surface area contributed by atoms with Crippen LogP contribution in [-0.2, 0) is 4.74 Å². The van der Waals surface area contributed by atoms with Crippen LogP contribution in [0.4, 0.5) is 0 Å². The van der Waals surface area contributed by atoms with Crippen molar-refractivity contribution in [2.45, 2.75) is 64.8 Å². The van der Waals surface area contributed by atoms with Gasteiger partial charge in [-0.15, -0.1) is 0 Å². The largest absolute Gasteiger partial charge is 0.496 e. The second kappa shape index (κ2) is 8.63. The molecule has 1 rings (SSSR count). The van der Waals surface area contributed by atoms with E-state index in [0.717, 1.165) is 19.6 Å². The summed E-state index contributed by atoms with van der Waals surface area (Å²) < 4.78 is 5.67. The van der Waals surface area contributed by atoms with Gasteiger partial charge in [0.25, 0.3) is 0 Å². The minimum Gasteiger partial charge on any atom is -0.496 e. The van der Waals surface area contributed by atoms with E-state index in [1.165, 1.54) is 44.3 Å². The quantitative estimate of drug-likeness (QED) is 0.605. The molecular weight excluding hydrogens is 198 g/mol. The van der Waals surface area contributed by atoms with Gasteiger partial charge in [-0.1, -0.05) is 39.5 Å². The molecule has 0 aromatic heterocycles. The third kappa shape index (κ3) is 5.02. The Balaban J connectivity index is 2.25. The molecule has 0 radical (unpaired) electrons. The monoisotopic (exact) mass is 225 g/mol. The smallest absolute Gasteiger partial charge is 0.109 e. The van der Waals surface area contributed by atoms with E-state index in [0.29, 0.717) is 6.04 Å². The number of ether oxygens (including phenoxy) is 1. The topological polar surface area (TPSA) is 21.3 Å². The van der Waals surface area contributed by atoms with E-state index in [2.05, 4.69) is 25.2 Å². The number of hydrogen-bond donors (Lipinski definition) is 1. The van der Waals surface area contributed by atoms with Crippen molar-refractivity contribution < 1.29 is 4.74 Å². The summed E-state index contributed by atoms with van der Waals surface area (Å²) in [6, 6.07) is 0.472. The predicted molar refractivity (Wildman–Crippen MR) is 69.5 cm³/mol. The Hall–Kier alpha value is -0.500. The maximum absolute atomic E-state index is 5.67. The van der Waals surface area contributed by atoms with E-state index < -0.39 is 0 Å². The molecule has 94 valence electrons. The molecule has 1 aliphatic heterocycles. The highest BCUT2D eigenvalue weighted by atomic mass is 16.5. The standard InChI is InChI=1S/C14H27NO/c1-3-5-6-7-9-13(15-11-4-2)14-10-8-12-16-14/h10,13,15H,3-9,11-12H2,1-2H3. The molecule has 1 unspecified atom stereocenters. The number of nitrogens with one attached hydrogen (secondary N) is 1. The van der Waals surface area contributed by atoms with Crippen molar-refractivity contribution in [3.05, 3.63) is 11.8 Å². The van der Waals surface area contributed by atoms with Crippen molar-refractivity contribution in [1.29, 1.82) is 0 Å². The van der Waals surface area contributed by atoms with Crippen molar-refractivity contribution in [2.75, 3.05) is 13.2 Å². The van der Waals surface area contributed by atoms with Crippen LogP contribution in [0, 0.1) is 0 Å². The summed E-state index contributed by atoms with van der Waals surface area (Å²) in [4.78, 5) is 0. The first-order valence-electron chi connectivity index (χ1n) is 6.94. The van der Waals surface area contributed by atoms with Crippen LogP contribution in [0.25, 0.3) is 0 Å². The highest BCUT2D eigenvalue weighted by Gasteiger charge is 2.17. The van der Waals surface area contributed by atoms with Gasteiger partial charge in [0.15, 0.2) is 0 Å². The Morgan fingerprint density at radius 3 is 2.75 bits per heavy atom. The molecule has 0 aliphatic carbocycles. The predicted octanol–water partition coefficient (Wildman–Crippen LogP) is 3.63. The summed E-state index contributed by atoms with van der Waals surface area (Å²) in [6.07, 6.45) is 11.1. The van der Waals surface area contributed by atoms with Gasteiger partial charge < -0.3 is 10.1 Å². The van der Waals surface area contributed by atoms with Crippen molar-refractivity contribution >= 4 is 0 Å². The molecule has 0 aromatic rings. The molecule has 1 heterocycles. The van der Waals surface area contributed by atoms with Crippen LogP contribution in [0.15, 0.2) is 11.8 Å². The fourth-order valence-corrected chi connectivity index (χ4v) is 2.12. The molecule has 0 bridgehead atoms. The SMILES string of the molecule is CCCCCCC(NCCC)C1=CCCO1. The third-order valence-electron chi connectivity index (χ3n) is 3.06. The van der Waals surface area contributed by atoms with Crippen molar-refractivity contribution in [3.8, 4) is 0 Å². The van der Waals surface area contributed by atoms with Crippen LogP contribution in [-0.4, -0.2) is 19.2 Å². The van der Waals surface area contributed by atoms with Gasteiger partial charge in [0.2, 0.25) is 0 Å². The zero-order chi connectivity index (χ0) is 11.6. The molecule has 1 aliphatic rings. The molecule has 1 N–H and O–H groups in total. The number of unbranched alkanes of at least 4 members (excludes halogenated alkanes) is 3. The van der Waals surface area contributed by atoms with Crippen LogP contribution in [0.1, 0.15) is 58.8 Å². The van der Waals surface area contributed by atoms with Crippen LogP contribution >= 0.6 is 0 Å². The first-order chi connectivity index (χ1) is 7.88. The zero-order valence-corrected chi connectivity index (χ0v) is 10.9. The third-order valence-corrected chi connectivity index (χ3v) is 3.06. The Bertz CT molecular complexity index is 201. The van der Waals surface area contributed by atoms with Crippen LogP contribution < -0.4 is 5.32 Å². The lowest BCUT2D eigenvalue weighted by Gasteiger charge is -2.19. The molecule has 2 nitrogen and oxygen atoms in total. The second-order valence-corrected chi connectivity index (χ2v) is 4.60. The average molecular weight is 225 g/mol. The molecule has 0 saturated heterocycles. The summed E-state index contributed by atoms with van der Waals surface area (Å²) in [7, 11) is 0. The Labute approximate surface area is 100 Å². The molecule has 1 atom stereocenters. The number of rotatable bonds is 9. The highest BCUT2D eigenvalue weighted by Crippen LogP contribution is 2.18. The number of hydrogen-bond acceptors (Lipinski definition) is 2. The molecule has 0 amide bonds. The van der Waals surface area contributed by atoms with E-state index >= 15 is 0 Å². The zero-order valence-electron chi connectivity index (χ0n) is 10.9. The molecule has 0 fully saturated rings. The fourth-order valence-electron chi connectivity index (χ4n) is 2.12. The second-order valence-electron chi connectivity index (χ2n) is 4.60. The maximum atomic E-state index is 5.67. The van der Waals surface area contributed by atoms with Gasteiger partial charge in [-0.2, -0.15) is 0 Å². The van der Waals surface area contributed by atoms with E-state index in [-0.39, 0.29) is 0 Å². The molecular formula is C14H27NO. The lowest BCUT2D eigenvalue weighted by atomic mass is 10.1. The summed E-state index contributed by atoms with van der Waals surface area (Å²) in [6.45, 7) is 6.45. The molecule has 2 heteroatoms. The Kier molecular flexibility index (Phi) is 7.32. The van der Waals surface area contributed by atoms with E-state index in [1.807, 2.05) is 0 Å². The van der Waals surface area contributed by atoms with E-state index in [4.69, 9.17) is 4.74 Å². The Morgan fingerprint density at radius 2 is 2.12 bits per heavy atom. The van der Waals surface area contributed by atoms with Crippen molar-refractivity contribution in [1.82, 2.24) is 5.32 Å².